The maximum absolute atomic E-state index is 13.1. The Bertz CT molecular complexity index is 994. The molecule has 1 aliphatic carbocycles. The fourth-order valence-electron chi connectivity index (χ4n) is 4.79. The van der Waals surface area contributed by atoms with Crippen LogP contribution >= 0.6 is 0 Å². The van der Waals surface area contributed by atoms with Gasteiger partial charge in [-0.15, -0.1) is 0 Å². The molecule has 1 aromatic heterocycles. The first-order valence-electron chi connectivity index (χ1n) is 11.0. The Hall–Kier alpha value is -2.51. The molecule has 7 heteroatoms. The van der Waals surface area contributed by atoms with Gasteiger partial charge in [-0.2, -0.15) is 5.10 Å². The van der Waals surface area contributed by atoms with E-state index >= 15 is 0 Å². The molecule has 7 nitrogen and oxygen atoms in total. The lowest BCUT2D eigenvalue weighted by atomic mass is 9.96. The molecular weight excluding hydrogens is 380 g/mol. The maximum Gasteiger partial charge on any atom is 0.267 e. The van der Waals surface area contributed by atoms with Gasteiger partial charge < -0.3 is 9.64 Å². The van der Waals surface area contributed by atoms with E-state index in [1.54, 1.807) is 10.7 Å². The summed E-state index contributed by atoms with van der Waals surface area (Å²) in [5, 5.41) is 4.56. The fraction of sp³-hybridized carbons (Fsp3) is 0.522. The van der Waals surface area contributed by atoms with Gasteiger partial charge in [0.2, 0.25) is 0 Å². The Balaban J connectivity index is 1.17. The standard InChI is InChI=1S/C23H28N4O3/c28-21-16-18-5-3-7-20(18)24-27(21)14-11-25-9-12-26(13-10-25)23(29)22-19-6-2-1-4-17(19)8-15-30-22/h1-2,4,6,16,22H,3,5,7-15H2. The second-order valence-corrected chi connectivity index (χ2v) is 8.40. The molecule has 1 amide bonds. The highest BCUT2D eigenvalue weighted by Crippen LogP contribution is 2.29. The summed E-state index contributed by atoms with van der Waals surface area (Å²) in [6.45, 7) is 4.95. The minimum Gasteiger partial charge on any atom is -0.363 e. The molecule has 1 unspecified atom stereocenters. The molecule has 0 saturated carbocycles. The second-order valence-electron chi connectivity index (χ2n) is 8.40. The normalized spacial score (nSPS) is 21.3. The number of carbonyl (C=O) groups excluding carboxylic acids is 1. The quantitative estimate of drug-likeness (QED) is 0.760. The van der Waals surface area contributed by atoms with Crippen molar-refractivity contribution in [1.29, 1.82) is 0 Å². The third-order valence-corrected chi connectivity index (χ3v) is 6.55. The van der Waals surface area contributed by atoms with Gasteiger partial charge in [-0.3, -0.25) is 14.5 Å². The van der Waals surface area contributed by atoms with Crippen LogP contribution in [-0.2, 0) is 35.3 Å². The van der Waals surface area contributed by atoms with E-state index in [9.17, 15) is 9.59 Å². The molecule has 5 rings (SSSR count). The molecule has 30 heavy (non-hydrogen) atoms. The second kappa shape index (κ2) is 8.32. The van der Waals surface area contributed by atoms with E-state index in [1.807, 2.05) is 23.1 Å². The summed E-state index contributed by atoms with van der Waals surface area (Å²) >= 11 is 0. The SMILES string of the molecule is O=C(C1OCCc2ccccc21)N1CCN(CCn2nc3c(cc2=O)CCC3)CC1. The van der Waals surface area contributed by atoms with Gasteiger partial charge in [0.1, 0.15) is 0 Å². The number of aryl methyl sites for hydroxylation is 2. The van der Waals surface area contributed by atoms with E-state index in [4.69, 9.17) is 4.74 Å². The first kappa shape index (κ1) is 19.5. The third-order valence-electron chi connectivity index (χ3n) is 6.55. The summed E-state index contributed by atoms with van der Waals surface area (Å²) in [5.74, 6) is 0.0679. The van der Waals surface area contributed by atoms with Crippen molar-refractivity contribution in [3.8, 4) is 0 Å². The van der Waals surface area contributed by atoms with Gasteiger partial charge in [0.05, 0.1) is 18.8 Å². The topological polar surface area (TPSA) is 67.7 Å². The highest BCUT2D eigenvalue weighted by atomic mass is 16.5. The van der Waals surface area contributed by atoms with Crippen LogP contribution in [0.2, 0.25) is 0 Å². The molecule has 1 fully saturated rings. The van der Waals surface area contributed by atoms with Crippen LogP contribution in [0.25, 0.3) is 0 Å². The number of carbonyl (C=O) groups is 1. The van der Waals surface area contributed by atoms with Crippen molar-refractivity contribution in [2.45, 2.75) is 38.3 Å². The average molecular weight is 409 g/mol. The van der Waals surface area contributed by atoms with Crippen molar-refractivity contribution < 1.29 is 9.53 Å². The molecule has 3 aliphatic rings. The number of benzene rings is 1. The number of nitrogens with zero attached hydrogens (tertiary/aromatic N) is 4. The van der Waals surface area contributed by atoms with Crippen molar-refractivity contribution in [3.05, 3.63) is 63.1 Å². The third kappa shape index (κ3) is 3.79. The van der Waals surface area contributed by atoms with Crippen molar-refractivity contribution in [2.75, 3.05) is 39.3 Å². The monoisotopic (exact) mass is 408 g/mol. The summed E-state index contributed by atoms with van der Waals surface area (Å²) in [6, 6.07) is 9.85. The van der Waals surface area contributed by atoms with Gasteiger partial charge in [0.25, 0.3) is 11.5 Å². The summed E-state index contributed by atoms with van der Waals surface area (Å²) in [6.07, 6.45) is 3.43. The average Bonchev–Trinajstić information content (AvgIpc) is 3.24. The zero-order valence-corrected chi connectivity index (χ0v) is 17.3. The van der Waals surface area contributed by atoms with Gasteiger partial charge >= 0.3 is 0 Å². The molecule has 0 N–H and O–H groups in total. The van der Waals surface area contributed by atoms with Gasteiger partial charge in [0.15, 0.2) is 6.10 Å². The Morgan fingerprint density at radius 3 is 2.73 bits per heavy atom. The van der Waals surface area contributed by atoms with E-state index in [0.29, 0.717) is 26.2 Å². The van der Waals surface area contributed by atoms with Crippen molar-refractivity contribution in [3.63, 3.8) is 0 Å². The fourth-order valence-corrected chi connectivity index (χ4v) is 4.79. The molecular formula is C23H28N4O3. The van der Waals surface area contributed by atoms with Crippen molar-refractivity contribution in [2.24, 2.45) is 0 Å². The van der Waals surface area contributed by atoms with E-state index in [0.717, 1.165) is 62.1 Å². The van der Waals surface area contributed by atoms with Crippen molar-refractivity contribution in [1.82, 2.24) is 19.6 Å². The van der Waals surface area contributed by atoms with Crippen LogP contribution < -0.4 is 5.56 Å². The van der Waals surface area contributed by atoms with Gasteiger partial charge in [-0.1, -0.05) is 24.3 Å². The first-order chi connectivity index (χ1) is 14.7. The van der Waals surface area contributed by atoms with E-state index in [2.05, 4.69) is 16.1 Å². The molecule has 0 spiro atoms. The number of ether oxygens (including phenoxy) is 1. The summed E-state index contributed by atoms with van der Waals surface area (Å²) in [4.78, 5) is 29.6. The van der Waals surface area contributed by atoms with Gasteiger partial charge in [-0.25, -0.2) is 4.68 Å². The van der Waals surface area contributed by atoms with Crippen LogP contribution in [-0.4, -0.2) is 64.8 Å². The van der Waals surface area contributed by atoms with E-state index < -0.39 is 6.10 Å². The van der Waals surface area contributed by atoms with E-state index in [-0.39, 0.29) is 11.5 Å². The molecule has 1 atom stereocenters. The molecule has 3 heterocycles. The van der Waals surface area contributed by atoms with Crippen LogP contribution in [0.5, 0.6) is 0 Å². The Morgan fingerprint density at radius 1 is 1.03 bits per heavy atom. The Morgan fingerprint density at radius 2 is 1.87 bits per heavy atom. The molecule has 1 aromatic carbocycles. The first-order valence-corrected chi connectivity index (χ1v) is 11.0. The summed E-state index contributed by atoms with van der Waals surface area (Å²) < 4.78 is 7.46. The molecule has 158 valence electrons. The Kier molecular flexibility index (Phi) is 5.39. The van der Waals surface area contributed by atoms with Crippen molar-refractivity contribution >= 4 is 5.91 Å². The number of rotatable bonds is 4. The highest BCUT2D eigenvalue weighted by Gasteiger charge is 2.32. The summed E-state index contributed by atoms with van der Waals surface area (Å²) in [5.41, 5.74) is 4.43. The number of hydrogen-bond donors (Lipinski definition) is 0. The van der Waals surface area contributed by atoms with Crippen LogP contribution in [0.1, 0.15) is 34.9 Å². The Labute approximate surface area is 176 Å². The number of piperazine rings is 1. The van der Waals surface area contributed by atoms with E-state index in [1.165, 1.54) is 5.56 Å². The maximum atomic E-state index is 13.1. The van der Waals surface area contributed by atoms with Gasteiger partial charge in [0, 0.05) is 38.8 Å². The smallest absolute Gasteiger partial charge is 0.267 e. The highest BCUT2D eigenvalue weighted by molar-refractivity contribution is 5.83. The van der Waals surface area contributed by atoms with Gasteiger partial charge in [-0.05, 0) is 42.4 Å². The predicted molar refractivity (Wildman–Crippen MR) is 112 cm³/mol. The lowest BCUT2D eigenvalue weighted by molar-refractivity contribution is -0.147. The molecule has 1 saturated heterocycles. The van der Waals surface area contributed by atoms with Crippen LogP contribution in [0.4, 0.5) is 0 Å². The van der Waals surface area contributed by atoms with Crippen LogP contribution in [0.3, 0.4) is 0 Å². The summed E-state index contributed by atoms with van der Waals surface area (Å²) in [7, 11) is 0. The molecule has 0 bridgehead atoms. The number of aromatic nitrogens is 2. The minimum atomic E-state index is -0.476. The van der Waals surface area contributed by atoms with Crippen LogP contribution in [0.15, 0.2) is 35.1 Å². The largest absolute Gasteiger partial charge is 0.363 e. The molecule has 0 radical (unpaired) electrons. The van der Waals surface area contributed by atoms with Crippen LogP contribution in [0, 0.1) is 0 Å². The number of amides is 1. The lowest BCUT2D eigenvalue weighted by Gasteiger charge is -2.37. The number of hydrogen-bond acceptors (Lipinski definition) is 5. The molecule has 2 aromatic rings. The predicted octanol–water partition coefficient (Wildman–Crippen LogP) is 1.19. The minimum absolute atomic E-state index is 0.00224. The number of fused-ring (bicyclic) bond motifs is 2. The lowest BCUT2D eigenvalue weighted by Crippen LogP contribution is -2.51. The zero-order valence-electron chi connectivity index (χ0n) is 17.3. The zero-order chi connectivity index (χ0) is 20.5. The molecule has 2 aliphatic heterocycles.